The first-order valence-corrected chi connectivity index (χ1v) is 8.63. The summed E-state index contributed by atoms with van der Waals surface area (Å²) in [6.07, 6.45) is 5.88. The van der Waals surface area contributed by atoms with Gasteiger partial charge in [-0.1, -0.05) is 12.7 Å². The van der Waals surface area contributed by atoms with Gasteiger partial charge in [0.05, 0.1) is 18.8 Å². The summed E-state index contributed by atoms with van der Waals surface area (Å²) in [5, 5.41) is 13.2. The van der Waals surface area contributed by atoms with Crippen molar-refractivity contribution in [2.75, 3.05) is 20.3 Å². The van der Waals surface area contributed by atoms with Crippen molar-refractivity contribution >= 4 is 13.7 Å². The van der Waals surface area contributed by atoms with E-state index < -0.39 is 25.6 Å². The zero-order valence-electron chi connectivity index (χ0n) is 13.4. The maximum absolute atomic E-state index is 11.2. The first kappa shape index (κ1) is 20.6. The van der Waals surface area contributed by atoms with Crippen molar-refractivity contribution in [1.29, 1.82) is 0 Å². The summed E-state index contributed by atoms with van der Waals surface area (Å²) in [5.41, 5.74) is 4.22. The van der Waals surface area contributed by atoms with Gasteiger partial charge in [0, 0.05) is 25.5 Å². The second kappa shape index (κ2) is 9.12. The zero-order valence-corrected chi connectivity index (χ0v) is 14.3. The molecular formula is C14H23N2O7P. The Morgan fingerprint density at radius 1 is 1.62 bits per heavy atom. The van der Waals surface area contributed by atoms with Gasteiger partial charge < -0.3 is 25.8 Å². The van der Waals surface area contributed by atoms with Crippen molar-refractivity contribution in [1.82, 2.24) is 5.32 Å². The van der Waals surface area contributed by atoms with Crippen molar-refractivity contribution in [2.45, 2.75) is 24.7 Å². The van der Waals surface area contributed by atoms with Gasteiger partial charge >= 0.3 is 7.82 Å². The Balaban J connectivity index is 2.41. The molecule has 3 unspecified atom stereocenters. The Morgan fingerprint density at radius 3 is 2.92 bits per heavy atom. The topological polar surface area (TPSA) is 140 Å². The molecule has 136 valence electrons. The first-order valence-electron chi connectivity index (χ1n) is 7.13. The average molecular weight is 362 g/mol. The van der Waals surface area contributed by atoms with E-state index in [2.05, 4.69) is 20.9 Å². The number of carbonyl (C=O) groups excluding carboxylic acids is 1. The van der Waals surface area contributed by atoms with Crippen molar-refractivity contribution in [3.63, 3.8) is 0 Å². The second-order valence-electron chi connectivity index (χ2n) is 5.18. The fraction of sp³-hybridized carbons (Fsp3) is 0.500. The summed E-state index contributed by atoms with van der Waals surface area (Å²) >= 11 is 0. The Kier molecular flexibility index (Phi) is 7.82. The lowest BCUT2D eigenvalue weighted by Gasteiger charge is -2.20. The number of carbonyl (C=O) groups is 1. The van der Waals surface area contributed by atoms with E-state index in [0.29, 0.717) is 0 Å². The molecule has 1 saturated heterocycles. The minimum absolute atomic E-state index is 0.0552. The van der Waals surface area contributed by atoms with Gasteiger partial charge in [0.15, 0.2) is 0 Å². The predicted molar refractivity (Wildman–Crippen MR) is 86.5 cm³/mol. The number of hydrogen-bond donors (Lipinski definition) is 4. The third-order valence-corrected chi connectivity index (χ3v) is 4.30. The van der Waals surface area contributed by atoms with E-state index in [1.54, 1.807) is 12.3 Å². The van der Waals surface area contributed by atoms with E-state index in [1.165, 1.54) is 12.2 Å². The Bertz CT molecular complexity index is 563. The Morgan fingerprint density at radius 2 is 2.33 bits per heavy atom. The van der Waals surface area contributed by atoms with Crippen LogP contribution in [0.5, 0.6) is 0 Å². The number of aliphatic hydroxyl groups is 1. The minimum atomic E-state index is -4.05. The van der Waals surface area contributed by atoms with Crippen LogP contribution >= 0.6 is 7.82 Å². The lowest BCUT2D eigenvalue weighted by Crippen LogP contribution is -2.32. The van der Waals surface area contributed by atoms with Gasteiger partial charge in [0.25, 0.3) is 0 Å². The quantitative estimate of drug-likeness (QED) is 0.247. The van der Waals surface area contributed by atoms with Crippen LogP contribution in [0.2, 0.25) is 0 Å². The van der Waals surface area contributed by atoms with Gasteiger partial charge in [0.1, 0.15) is 6.23 Å². The highest BCUT2D eigenvalue weighted by Crippen LogP contribution is 2.42. The van der Waals surface area contributed by atoms with Gasteiger partial charge in [-0.3, -0.25) is 13.8 Å². The van der Waals surface area contributed by atoms with Crippen LogP contribution in [0.25, 0.3) is 0 Å². The number of primary amides is 1. The maximum atomic E-state index is 11.2. The summed E-state index contributed by atoms with van der Waals surface area (Å²) in [4.78, 5) is 20.1. The van der Waals surface area contributed by atoms with Gasteiger partial charge in [-0.25, -0.2) is 4.57 Å². The number of hydrogen-bond acceptors (Lipinski definition) is 7. The smallest absolute Gasteiger partial charge is 0.387 e. The van der Waals surface area contributed by atoms with Crippen LogP contribution < -0.4 is 11.1 Å². The minimum Gasteiger partial charge on any atom is -0.387 e. The van der Waals surface area contributed by atoms with E-state index in [0.717, 1.165) is 7.11 Å². The molecule has 0 aromatic rings. The number of phosphoric acid groups is 1. The molecule has 5 N–H and O–H groups in total. The number of ether oxygens (including phenoxy) is 1. The van der Waals surface area contributed by atoms with Gasteiger partial charge in [-0.15, -0.1) is 0 Å². The van der Waals surface area contributed by atoms with Crippen LogP contribution in [0, 0.1) is 0 Å². The lowest BCUT2D eigenvalue weighted by atomic mass is 9.99. The third kappa shape index (κ3) is 6.96. The first-order chi connectivity index (χ1) is 11.2. The molecule has 0 saturated carbocycles. The van der Waals surface area contributed by atoms with E-state index in [1.807, 2.05) is 0 Å². The molecule has 1 fully saturated rings. The molecule has 0 aliphatic carbocycles. The van der Waals surface area contributed by atoms with Crippen LogP contribution in [-0.4, -0.2) is 48.1 Å². The molecule has 1 aliphatic heterocycles. The fourth-order valence-corrected chi connectivity index (χ4v) is 2.40. The molecule has 0 radical (unpaired) electrons. The molecule has 0 spiro atoms. The summed E-state index contributed by atoms with van der Waals surface area (Å²) < 4.78 is 25.5. The van der Waals surface area contributed by atoms with Crippen molar-refractivity contribution in [3.05, 3.63) is 36.6 Å². The highest BCUT2D eigenvalue weighted by atomic mass is 31.2. The molecule has 0 aromatic heterocycles. The number of amides is 1. The zero-order chi connectivity index (χ0) is 18.2. The van der Waals surface area contributed by atoms with Crippen molar-refractivity contribution < 1.29 is 33.1 Å². The summed E-state index contributed by atoms with van der Waals surface area (Å²) in [7, 11) is -2.99. The van der Waals surface area contributed by atoms with Gasteiger partial charge in [-0.2, -0.15) is 0 Å². The number of nitrogens with two attached hydrogens (primary N) is 1. The molecular weight excluding hydrogens is 339 g/mol. The second-order valence-corrected chi connectivity index (χ2v) is 6.74. The monoisotopic (exact) mass is 362 g/mol. The molecule has 9 nitrogen and oxygen atoms in total. The van der Waals surface area contributed by atoms with Gasteiger partial charge in [0.2, 0.25) is 5.91 Å². The highest BCUT2D eigenvalue weighted by Gasteiger charge is 2.38. The van der Waals surface area contributed by atoms with E-state index >= 15 is 0 Å². The van der Waals surface area contributed by atoms with Crippen LogP contribution in [0.15, 0.2) is 36.6 Å². The van der Waals surface area contributed by atoms with Gasteiger partial charge in [-0.05, 0) is 18.4 Å². The maximum Gasteiger partial charge on any atom is 0.471 e. The summed E-state index contributed by atoms with van der Waals surface area (Å²) in [5.74, 6) is -0.585. The summed E-state index contributed by atoms with van der Waals surface area (Å²) in [6.45, 7) is 3.38. The van der Waals surface area contributed by atoms with Crippen LogP contribution in [-0.2, 0) is 23.1 Å². The number of allylic oxidation sites excluding steroid dienone is 2. The Hall–Kier alpha value is -1.48. The number of phosphoric ester groups is 1. The van der Waals surface area contributed by atoms with E-state index in [9.17, 15) is 14.5 Å². The Labute approximate surface area is 140 Å². The van der Waals surface area contributed by atoms with Crippen molar-refractivity contribution in [2.24, 2.45) is 5.73 Å². The normalized spacial score (nSPS) is 27.1. The highest BCUT2D eigenvalue weighted by molar-refractivity contribution is 7.47. The molecule has 1 amide bonds. The van der Waals surface area contributed by atoms with Crippen LogP contribution in [0.4, 0.5) is 0 Å². The standard InChI is InChI=1S/C14H23N2O7P/c1-3-11(13(15)17)5-4-7-16-12-9-14(18,10-22-12)6-8-23-24(19,20)21-2/h3-5,7,12,16,18H,1,6,8-10H2,2H3,(H2,15,17)(H,19,20). The van der Waals surface area contributed by atoms with E-state index in [4.69, 9.17) is 15.4 Å². The molecule has 10 heteroatoms. The molecule has 0 bridgehead atoms. The number of nitrogens with one attached hydrogen (secondary N) is 1. The molecule has 24 heavy (non-hydrogen) atoms. The van der Waals surface area contributed by atoms with Crippen molar-refractivity contribution in [3.8, 4) is 0 Å². The largest absolute Gasteiger partial charge is 0.471 e. The number of rotatable bonds is 10. The molecule has 1 heterocycles. The molecule has 3 atom stereocenters. The lowest BCUT2D eigenvalue weighted by molar-refractivity contribution is -0.114. The summed E-state index contributed by atoms with van der Waals surface area (Å²) in [6, 6.07) is 0. The molecule has 1 aliphatic rings. The van der Waals surface area contributed by atoms with E-state index in [-0.39, 0.29) is 31.6 Å². The van der Waals surface area contributed by atoms with Crippen LogP contribution in [0.3, 0.4) is 0 Å². The predicted octanol–water partition coefficient (Wildman–Crippen LogP) is 0.318. The molecule has 0 aromatic carbocycles. The molecule has 1 rings (SSSR count). The van der Waals surface area contributed by atoms with Crippen LogP contribution in [0.1, 0.15) is 12.8 Å². The average Bonchev–Trinajstić information content (AvgIpc) is 2.88. The fourth-order valence-electron chi connectivity index (χ4n) is 1.97. The third-order valence-electron chi connectivity index (χ3n) is 3.33. The SMILES string of the molecule is C=CC(=CC=CNC1CC(O)(CCOP(=O)(O)OC)CO1)C(N)=O.